The summed E-state index contributed by atoms with van der Waals surface area (Å²) >= 11 is 0. The van der Waals surface area contributed by atoms with E-state index in [4.69, 9.17) is 10.2 Å². The van der Waals surface area contributed by atoms with E-state index in [-0.39, 0.29) is 16.8 Å². The number of aromatic nitrogens is 3. The maximum Gasteiger partial charge on any atom is 0.268 e. The molecule has 3 aromatic rings. The van der Waals surface area contributed by atoms with Gasteiger partial charge in [0.25, 0.3) is 5.91 Å². The van der Waals surface area contributed by atoms with E-state index in [9.17, 15) is 4.79 Å². The number of rotatable bonds is 8. The Morgan fingerprint density at radius 2 is 1.93 bits per heavy atom. The van der Waals surface area contributed by atoms with Crippen LogP contribution >= 0.6 is 0 Å². The van der Waals surface area contributed by atoms with E-state index in [1.807, 2.05) is 4.57 Å². The third-order valence-corrected chi connectivity index (χ3v) is 10.9. The van der Waals surface area contributed by atoms with E-state index in [1.165, 1.54) is 16.5 Å². The van der Waals surface area contributed by atoms with Gasteiger partial charge in [-0.25, -0.2) is 4.98 Å². The molecule has 0 aliphatic rings. The van der Waals surface area contributed by atoms with Crippen LogP contribution in [-0.4, -0.2) is 34.9 Å². The van der Waals surface area contributed by atoms with Gasteiger partial charge in [0.1, 0.15) is 5.69 Å². The van der Waals surface area contributed by atoms with Gasteiger partial charge in [0.2, 0.25) is 0 Å². The molecule has 0 aliphatic carbocycles. The summed E-state index contributed by atoms with van der Waals surface area (Å²) in [6.07, 6.45) is 7.45. The second-order valence-electron chi connectivity index (χ2n) is 9.62. The minimum absolute atomic E-state index is 0.0821. The van der Waals surface area contributed by atoms with E-state index < -0.39 is 14.2 Å². The lowest BCUT2D eigenvalue weighted by Gasteiger charge is -2.37. The van der Waals surface area contributed by atoms with E-state index in [2.05, 4.69) is 80.9 Å². The Labute approximate surface area is 180 Å². The molecule has 2 aromatic heterocycles. The molecule has 0 saturated carbocycles. The molecule has 0 bridgehead atoms. The first-order valence-electron chi connectivity index (χ1n) is 10.5. The van der Waals surface area contributed by atoms with Gasteiger partial charge in [0.15, 0.2) is 8.32 Å². The highest BCUT2D eigenvalue weighted by molar-refractivity contribution is 6.74. The Morgan fingerprint density at radius 1 is 1.23 bits per heavy atom. The minimum atomic E-state index is -1.89. The maximum atomic E-state index is 11.5. The summed E-state index contributed by atoms with van der Waals surface area (Å²) in [5, 5.41) is 1.42. The van der Waals surface area contributed by atoms with Crippen molar-refractivity contribution < 1.29 is 9.22 Å². The number of fused-ring (bicyclic) bond motifs is 1. The topological polar surface area (TPSA) is 75.1 Å². The van der Waals surface area contributed by atoms with Gasteiger partial charge < -0.3 is 19.3 Å². The van der Waals surface area contributed by atoms with Crippen molar-refractivity contribution in [2.75, 3.05) is 6.61 Å². The van der Waals surface area contributed by atoms with Gasteiger partial charge in [-0.1, -0.05) is 39.0 Å². The van der Waals surface area contributed by atoms with Crippen molar-refractivity contribution >= 4 is 25.1 Å². The molecule has 0 aliphatic heterocycles. The van der Waals surface area contributed by atoms with Gasteiger partial charge in [-0.05, 0) is 42.6 Å². The lowest BCUT2D eigenvalue weighted by Crippen LogP contribution is -2.42. The molecule has 0 fully saturated rings. The number of para-hydroxylation sites is 1. The van der Waals surface area contributed by atoms with Crippen molar-refractivity contribution in [3.63, 3.8) is 0 Å². The molecule has 162 valence electrons. The van der Waals surface area contributed by atoms with Gasteiger partial charge in [0, 0.05) is 30.3 Å². The van der Waals surface area contributed by atoms with Crippen molar-refractivity contribution in [3.05, 3.63) is 54.2 Å². The van der Waals surface area contributed by atoms with Crippen LogP contribution in [0.15, 0.2) is 43.0 Å². The molecular weight excluding hydrogens is 392 g/mol. The smallest absolute Gasteiger partial charge is 0.268 e. The second-order valence-corrected chi connectivity index (χ2v) is 14.4. The van der Waals surface area contributed by atoms with Crippen LogP contribution in [0.2, 0.25) is 18.1 Å². The molecule has 0 spiro atoms. The average Bonchev–Trinajstić information content (AvgIpc) is 3.27. The number of primary amides is 1. The number of hydrogen-bond donors (Lipinski definition) is 1. The molecule has 6 nitrogen and oxygen atoms in total. The van der Waals surface area contributed by atoms with Crippen LogP contribution in [0.1, 0.15) is 49.3 Å². The zero-order chi connectivity index (χ0) is 22.1. The van der Waals surface area contributed by atoms with Crippen molar-refractivity contribution in [2.24, 2.45) is 12.8 Å². The Bertz CT molecular complexity index is 1030. The molecule has 1 aromatic carbocycles. The molecule has 2 N–H and O–H groups in total. The quantitative estimate of drug-likeness (QED) is 0.532. The summed E-state index contributed by atoms with van der Waals surface area (Å²) in [5.74, 6) is -0.508. The summed E-state index contributed by atoms with van der Waals surface area (Å²) in [5.41, 5.74) is 8.26. The van der Waals surface area contributed by atoms with Crippen LogP contribution in [0.4, 0.5) is 0 Å². The Kier molecular flexibility index (Phi) is 6.24. The third kappa shape index (κ3) is 4.68. The molecule has 7 heteroatoms. The van der Waals surface area contributed by atoms with Gasteiger partial charge in [-0.15, -0.1) is 0 Å². The molecule has 1 amide bonds. The Balaban J connectivity index is 1.82. The second kappa shape index (κ2) is 8.39. The minimum Gasteiger partial charge on any atom is -0.415 e. The zero-order valence-corrected chi connectivity index (χ0v) is 20.0. The summed E-state index contributed by atoms with van der Waals surface area (Å²) in [4.78, 5) is 15.7. The monoisotopic (exact) mass is 426 g/mol. The zero-order valence-electron chi connectivity index (χ0n) is 19.0. The van der Waals surface area contributed by atoms with Gasteiger partial charge in [0.05, 0.1) is 19.0 Å². The molecular formula is C23H34N4O2Si. The first kappa shape index (κ1) is 22.3. The highest BCUT2D eigenvalue weighted by Gasteiger charge is 2.37. The van der Waals surface area contributed by atoms with Crippen LogP contribution in [0.5, 0.6) is 0 Å². The fourth-order valence-electron chi connectivity index (χ4n) is 3.45. The first-order chi connectivity index (χ1) is 14.0. The van der Waals surface area contributed by atoms with Crippen molar-refractivity contribution in [1.82, 2.24) is 14.1 Å². The van der Waals surface area contributed by atoms with Crippen LogP contribution in [0.25, 0.3) is 10.9 Å². The lowest BCUT2D eigenvalue weighted by atomic mass is 10.0. The van der Waals surface area contributed by atoms with Crippen molar-refractivity contribution in [1.29, 1.82) is 0 Å². The number of hydrogen-bond acceptors (Lipinski definition) is 3. The first-order valence-corrected chi connectivity index (χ1v) is 13.4. The molecule has 0 unspecified atom stereocenters. The van der Waals surface area contributed by atoms with Crippen LogP contribution < -0.4 is 5.73 Å². The van der Waals surface area contributed by atoms with Gasteiger partial charge in [-0.2, -0.15) is 0 Å². The summed E-state index contributed by atoms with van der Waals surface area (Å²) < 4.78 is 10.7. The van der Waals surface area contributed by atoms with Crippen LogP contribution in [0.3, 0.4) is 0 Å². The molecule has 2 heterocycles. The third-order valence-electron chi connectivity index (χ3n) is 6.44. The van der Waals surface area contributed by atoms with Crippen LogP contribution in [0, 0.1) is 0 Å². The normalized spacial score (nSPS) is 13.7. The number of benzene rings is 1. The number of carbonyl (C=O) groups is 1. The number of carbonyl (C=O) groups excluding carboxylic acids is 1. The van der Waals surface area contributed by atoms with Gasteiger partial charge in [-0.3, -0.25) is 4.79 Å². The molecule has 1 atom stereocenters. The van der Waals surface area contributed by atoms with E-state index in [1.54, 1.807) is 12.5 Å². The largest absolute Gasteiger partial charge is 0.415 e. The fraction of sp³-hybridized carbons (Fsp3) is 0.478. The highest BCUT2D eigenvalue weighted by Crippen LogP contribution is 2.37. The number of aryl methyl sites for hydroxylation is 2. The summed E-state index contributed by atoms with van der Waals surface area (Å²) in [7, 11) is 0.189. The standard InChI is InChI=1S/C23H34N4O2Si/c1-23(2,3)30(5,6)29-15-18(27-14-20(22(24)28)25-16-27)12-11-17-13-26(4)21-10-8-7-9-19(17)21/h7-10,13-14,16,18H,11-12,15H2,1-6H3,(H2,24,28)/t18-/m1/s1. The molecule has 3 rings (SSSR count). The Hall–Kier alpha value is -2.38. The van der Waals surface area contributed by atoms with Crippen LogP contribution in [-0.2, 0) is 17.9 Å². The lowest BCUT2D eigenvalue weighted by molar-refractivity contribution is 0.0995. The van der Waals surface area contributed by atoms with E-state index in [0.717, 1.165) is 12.8 Å². The van der Waals surface area contributed by atoms with Crippen molar-refractivity contribution in [2.45, 2.75) is 57.8 Å². The number of imidazole rings is 1. The fourth-order valence-corrected chi connectivity index (χ4v) is 4.49. The molecule has 30 heavy (non-hydrogen) atoms. The number of nitrogens with zero attached hydrogens (tertiary/aromatic N) is 3. The van der Waals surface area contributed by atoms with Gasteiger partial charge >= 0.3 is 0 Å². The molecule has 0 saturated heterocycles. The predicted molar refractivity (Wildman–Crippen MR) is 124 cm³/mol. The SMILES string of the molecule is Cn1cc(CC[C@H](CO[Si](C)(C)C(C)(C)C)n2cnc(C(N)=O)c2)c2ccccc21. The van der Waals surface area contributed by atoms with E-state index in [0.29, 0.717) is 6.61 Å². The highest BCUT2D eigenvalue weighted by atomic mass is 28.4. The maximum absolute atomic E-state index is 11.5. The Morgan fingerprint density at radius 3 is 2.57 bits per heavy atom. The average molecular weight is 427 g/mol. The molecule has 0 radical (unpaired) electrons. The van der Waals surface area contributed by atoms with E-state index >= 15 is 0 Å². The summed E-state index contributed by atoms with van der Waals surface area (Å²) in [6.45, 7) is 11.8. The van der Waals surface area contributed by atoms with Crippen molar-refractivity contribution in [3.8, 4) is 0 Å². The number of amides is 1. The number of nitrogens with two attached hydrogens (primary N) is 1. The predicted octanol–water partition coefficient (Wildman–Crippen LogP) is 4.67. The summed E-state index contributed by atoms with van der Waals surface area (Å²) in [6, 6.07) is 8.55.